The molecular formula is C13H22N2S. The van der Waals surface area contributed by atoms with E-state index in [1.807, 2.05) is 11.3 Å². The standard InChI is InChI=1S/C13H22N2S/c1-9(2)14-8-13(5-6-13)7-12-15-10(3)11(4)16-12/h9,14H,5-8H2,1-4H3. The molecule has 1 fully saturated rings. The van der Waals surface area contributed by atoms with Crippen LogP contribution in [0, 0.1) is 19.3 Å². The van der Waals surface area contributed by atoms with Gasteiger partial charge in [0.25, 0.3) is 0 Å². The Morgan fingerprint density at radius 3 is 2.50 bits per heavy atom. The summed E-state index contributed by atoms with van der Waals surface area (Å²) in [5, 5.41) is 4.90. The zero-order chi connectivity index (χ0) is 11.8. The maximum absolute atomic E-state index is 4.65. The van der Waals surface area contributed by atoms with Crippen LogP contribution in [0.1, 0.15) is 42.3 Å². The number of aryl methyl sites for hydroxylation is 2. The van der Waals surface area contributed by atoms with Crippen LogP contribution in [0.2, 0.25) is 0 Å². The summed E-state index contributed by atoms with van der Waals surface area (Å²) in [5.41, 5.74) is 1.74. The molecule has 16 heavy (non-hydrogen) atoms. The van der Waals surface area contributed by atoms with Crippen LogP contribution in [0.15, 0.2) is 0 Å². The topological polar surface area (TPSA) is 24.9 Å². The molecule has 1 saturated carbocycles. The summed E-state index contributed by atoms with van der Waals surface area (Å²) in [6.07, 6.45) is 3.90. The quantitative estimate of drug-likeness (QED) is 0.852. The molecule has 2 rings (SSSR count). The molecule has 1 heterocycles. The number of hydrogen-bond acceptors (Lipinski definition) is 3. The lowest BCUT2D eigenvalue weighted by molar-refractivity contribution is 0.429. The normalized spacial score (nSPS) is 18.1. The molecule has 2 nitrogen and oxygen atoms in total. The van der Waals surface area contributed by atoms with Crippen molar-refractivity contribution in [3.8, 4) is 0 Å². The van der Waals surface area contributed by atoms with Gasteiger partial charge in [-0.2, -0.15) is 0 Å². The first-order chi connectivity index (χ1) is 7.51. The minimum absolute atomic E-state index is 0.529. The Bertz CT molecular complexity index is 345. The molecule has 3 heteroatoms. The molecule has 0 radical (unpaired) electrons. The Morgan fingerprint density at radius 1 is 1.38 bits per heavy atom. The van der Waals surface area contributed by atoms with Crippen molar-refractivity contribution in [1.29, 1.82) is 0 Å². The molecule has 0 bridgehead atoms. The van der Waals surface area contributed by atoms with Crippen LogP contribution in [0.4, 0.5) is 0 Å². The monoisotopic (exact) mass is 238 g/mol. The van der Waals surface area contributed by atoms with Gasteiger partial charge in [0.15, 0.2) is 0 Å². The molecule has 0 atom stereocenters. The highest BCUT2D eigenvalue weighted by molar-refractivity contribution is 7.11. The van der Waals surface area contributed by atoms with Crippen LogP contribution in [0.25, 0.3) is 0 Å². The number of nitrogens with one attached hydrogen (secondary N) is 1. The van der Waals surface area contributed by atoms with Crippen molar-refractivity contribution < 1.29 is 0 Å². The molecule has 1 N–H and O–H groups in total. The van der Waals surface area contributed by atoms with E-state index in [1.54, 1.807) is 0 Å². The molecular weight excluding hydrogens is 216 g/mol. The number of aromatic nitrogens is 1. The average molecular weight is 238 g/mol. The van der Waals surface area contributed by atoms with Crippen LogP contribution in [-0.2, 0) is 6.42 Å². The number of hydrogen-bond donors (Lipinski definition) is 1. The second-order valence-electron chi connectivity index (χ2n) is 5.46. The van der Waals surface area contributed by atoms with Crippen molar-refractivity contribution >= 4 is 11.3 Å². The predicted molar refractivity (Wildman–Crippen MR) is 70.1 cm³/mol. The van der Waals surface area contributed by atoms with Gasteiger partial charge in [-0.05, 0) is 32.1 Å². The smallest absolute Gasteiger partial charge is 0.0936 e. The minimum Gasteiger partial charge on any atom is -0.314 e. The van der Waals surface area contributed by atoms with Crippen molar-refractivity contribution in [2.24, 2.45) is 5.41 Å². The maximum Gasteiger partial charge on any atom is 0.0936 e. The van der Waals surface area contributed by atoms with Crippen LogP contribution in [0.5, 0.6) is 0 Å². The zero-order valence-corrected chi connectivity index (χ0v) is 11.6. The molecule has 1 aromatic heterocycles. The first-order valence-electron chi connectivity index (χ1n) is 6.17. The van der Waals surface area contributed by atoms with Gasteiger partial charge in [-0.3, -0.25) is 0 Å². The molecule has 90 valence electrons. The number of rotatable bonds is 5. The van der Waals surface area contributed by atoms with E-state index in [1.165, 1.54) is 34.8 Å². The summed E-state index contributed by atoms with van der Waals surface area (Å²) in [6, 6.07) is 0.595. The molecule has 1 aliphatic rings. The lowest BCUT2D eigenvalue weighted by Gasteiger charge is -2.16. The Balaban J connectivity index is 1.93. The van der Waals surface area contributed by atoms with Crippen LogP contribution in [0.3, 0.4) is 0 Å². The lowest BCUT2D eigenvalue weighted by Crippen LogP contribution is -2.30. The SMILES string of the molecule is Cc1nc(CC2(CNC(C)C)CC2)sc1C. The Labute approximate surface area is 102 Å². The molecule has 0 unspecified atom stereocenters. The Kier molecular flexibility index (Phi) is 3.36. The first kappa shape index (κ1) is 12.1. The van der Waals surface area contributed by atoms with Crippen molar-refractivity contribution in [2.75, 3.05) is 6.54 Å². The fourth-order valence-corrected chi connectivity index (χ4v) is 3.06. The van der Waals surface area contributed by atoms with E-state index in [9.17, 15) is 0 Å². The summed E-state index contributed by atoms with van der Waals surface area (Å²) in [6.45, 7) is 9.87. The van der Waals surface area contributed by atoms with Gasteiger partial charge in [-0.25, -0.2) is 4.98 Å². The zero-order valence-electron chi connectivity index (χ0n) is 10.8. The second-order valence-corrected chi connectivity index (χ2v) is 6.75. The lowest BCUT2D eigenvalue weighted by atomic mass is 10.0. The highest BCUT2D eigenvalue weighted by Gasteiger charge is 2.42. The predicted octanol–water partition coefficient (Wildman–Crippen LogP) is 3.08. The van der Waals surface area contributed by atoms with Gasteiger partial charge in [0.1, 0.15) is 0 Å². The number of nitrogens with zero attached hydrogens (tertiary/aromatic N) is 1. The van der Waals surface area contributed by atoms with E-state index in [4.69, 9.17) is 0 Å². The number of thiazole rings is 1. The van der Waals surface area contributed by atoms with Crippen molar-refractivity contribution in [1.82, 2.24) is 10.3 Å². The fraction of sp³-hybridized carbons (Fsp3) is 0.769. The third-order valence-electron chi connectivity index (χ3n) is 3.44. The molecule has 0 spiro atoms. The second kappa shape index (κ2) is 4.46. The highest BCUT2D eigenvalue weighted by Crippen LogP contribution is 2.48. The van der Waals surface area contributed by atoms with Crippen molar-refractivity contribution in [3.63, 3.8) is 0 Å². The van der Waals surface area contributed by atoms with E-state index in [2.05, 4.69) is 38.0 Å². The van der Waals surface area contributed by atoms with Gasteiger partial charge in [0, 0.05) is 23.9 Å². The van der Waals surface area contributed by atoms with E-state index >= 15 is 0 Å². The summed E-state index contributed by atoms with van der Waals surface area (Å²) < 4.78 is 0. The first-order valence-corrected chi connectivity index (χ1v) is 6.99. The summed E-state index contributed by atoms with van der Waals surface area (Å²) in [4.78, 5) is 6.03. The fourth-order valence-electron chi connectivity index (χ4n) is 1.95. The average Bonchev–Trinajstić information content (AvgIpc) is 2.88. The van der Waals surface area contributed by atoms with Crippen molar-refractivity contribution in [2.45, 2.75) is 53.0 Å². The van der Waals surface area contributed by atoms with Crippen molar-refractivity contribution in [3.05, 3.63) is 15.6 Å². The van der Waals surface area contributed by atoms with Gasteiger partial charge in [0.2, 0.25) is 0 Å². The molecule has 0 aliphatic heterocycles. The van der Waals surface area contributed by atoms with Crippen LogP contribution >= 0.6 is 11.3 Å². The van der Waals surface area contributed by atoms with Gasteiger partial charge in [-0.15, -0.1) is 11.3 Å². The summed E-state index contributed by atoms with van der Waals surface area (Å²) in [7, 11) is 0. The van der Waals surface area contributed by atoms with Gasteiger partial charge >= 0.3 is 0 Å². The molecule has 0 amide bonds. The van der Waals surface area contributed by atoms with Crippen LogP contribution in [-0.4, -0.2) is 17.6 Å². The van der Waals surface area contributed by atoms with Gasteiger partial charge < -0.3 is 5.32 Å². The van der Waals surface area contributed by atoms with E-state index in [0.717, 1.165) is 6.54 Å². The Morgan fingerprint density at radius 2 is 2.06 bits per heavy atom. The summed E-state index contributed by atoms with van der Waals surface area (Å²) in [5.74, 6) is 0. The molecule has 1 aromatic rings. The minimum atomic E-state index is 0.529. The van der Waals surface area contributed by atoms with Gasteiger partial charge in [-0.1, -0.05) is 13.8 Å². The highest BCUT2D eigenvalue weighted by atomic mass is 32.1. The van der Waals surface area contributed by atoms with E-state index in [0.29, 0.717) is 11.5 Å². The van der Waals surface area contributed by atoms with E-state index in [-0.39, 0.29) is 0 Å². The summed E-state index contributed by atoms with van der Waals surface area (Å²) >= 11 is 1.88. The largest absolute Gasteiger partial charge is 0.314 e. The maximum atomic E-state index is 4.65. The Hall–Kier alpha value is -0.410. The molecule has 0 saturated heterocycles. The molecule has 1 aliphatic carbocycles. The van der Waals surface area contributed by atoms with Crippen LogP contribution < -0.4 is 5.32 Å². The third kappa shape index (κ3) is 2.83. The van der Waals surface area contributed by atoms with Gasteiger partial charge in [0.05, 0.1) is 10.7 Å². The molecule has 0 aromatic carbocycles. The third-order valence-corrected chi connectivity index (χ3v) is 4.51. The van der Waals surface area contributed by atoms with E-state index < -0.39 is 0 Å².